The van der Waals surface area contributed by atoms with Crippen LogP contribution in [0.1, 0.15) is 6.92 Å². The fourth-order valence-corrected chi connectivity index (χ4v) is 0.459. The molecule has 1 N–H and O–H groups in total. The van der Waals surface area contributed by atoms with Gasteiger partial charge in [0.05, 0.1) is 7.11 Å². The van der Waals surface area contributed by atoms with Crippen molar-refractivity contribution in [3.05, 3.63) is 12.7 Å². The molecule has 0 aromatic rings. The molecular weight excluding hydrogens is 132 g/mol. The second-order valence-electron chi connectivity index (χ2n) is 1.53. The third-order valence-corrected chi connectivity index (χ3v) is 0.859. The lowest BCUT2D eigenvalue weighted by Crippen LogP contribution is -2.40. The molecule has 0 unspecified atom stereocenters. The van der Waals surface area contributed by atoms with Gasteiger partial charge in [0.1, 0.15) is 0 Å². The molecule has 0 atom stereocenters. The van der Waals surface area contributed by atoms with Gasteiger partial charge in [0.2, 0.25) is 0 Å². The molecule has 4 heteroatoms. The van der Waals surface area contributed by atoms with Crippen molar-refractivity contribution < 1.29 is 9.63 Å². The number of nitrogens with one attached hydrogen (secondary N) is 1. The Hall–Kier alpha value is -0.870. The fourth-order valence-electron chi connectivity index (χ4n) is 0.459. The molecule has 0 radical (unpaired) electrons. The molecule has 4 nitrogen and oxygen atoms in total. The second kappa shape index (κ2) is 4.96. The zero-order valence-corrected chi connectivity index (χ0v) is 6.26. The van der Waals surface area contributed by atoms with Crippen molar-refractivity contribution in [1.82, 2.24) is 10.6 Å². The van der Waals surface area contributed by atoms with Gasteiger partial charge < -0.3 is 0 Å². The van der Waals surface area contributed by atoms with Crippen LogP contribution < -0.4 is 5.43 Å². The fraction of sp³-hybridized carbons (Fsp3) is 0.500. The number of hydrogen-bond donors (Lipinski definition) is 1. The SMILES string of the molecule is C=CC(=O)N(NCC)OC. The monoisotopic (exact) mass is 144 g/mol. The van der Waals surface area contributed by atoms with Crippen LogP contribution in [0.3, 0.4) is 0 Å². The van der Waals surface area contributed by atoms with Gasteiger partial charge in [0, 0.05) is 6.54 Å². The maximum absolute atomic E-state index is 10.8. The van der Waals surface area contributed by atoms with Gasteiger partial charge in [-0.15, -0.1) is 5.17 Å². The first kappa shape index (κ1) is 9.13. The van der Waals surface area contributed by atoms with Gasteiger partial charge >= 0.3 is 0 Å². The molecule has 0 aromatic heterocycles. The molecule has 0 aromatic carbocycles. The minimum atomic E-state index is -0.302. The van der Waals surface area contributed by atoms with E-state index in [-0.39, 0.29) is 5.91 Å². The van der Waals surface area contributed by atoms with Crippen LogP contribution in [-0.2, 0) is 9.63 Å². The maximum Gasteiger partial charge on any atom is 0.284 e. The largest absolute Gasteiger partial charge is 0.284 e. The van der Waals surface area contributed by atoms with Gasteiger partial charge in [-0.25, -0.2) is 5.43 Å². The highest BCUT2D eigenvalue weighted by Crippen LogP contribution is 1.83. The van der Waals surface area contributed by atoms with Crippen molar-refractivity contribution in [2.45, 2.75) is 6.92 Å². The zero-order valence-electron chi connectivity index (χ0n) is 6.26. The lowest BCUT2D eigenvalue weighted by molar-refractivity contribution is -0.187. The topological polar surface area (TPSA) is 41.6 Å². The van der Waals surface area contributed by atoms with E-state index in [4.69, 9.17) is 0 Å². The van der Waals surface area contributed by atoms with E-state index in [1.807, 2.05) is 6.92 Å². The van der Waals surface area contributed by atoms with Crippen LogP contribution >= 0.6 is 0 Å². The number of carbonyl (C=O) groups is 1. The van der Waals surface area contributed by atoms with E-state index < -0.39 is 0 Å². The van der Waals surface area contributed by atoms with Gasteiger partial charge in [-0.2, -0.15) is 0 Å². The van der Waals surface area contributed by atoms with Crippen molar-refractivity contribution in [2.24, 2.45) is 0 Å². The Labute approximate surface area is 60.4 Å². The third-order valence-electron chi connectivity index (χ3n) is 0.859. The van der Waals surface area contributed by atoms with E-state index in [0.29, 0.717) is 6.54 Å². The third kappa shape index (κ3) is 2.61. The molecule has 0 aliphatic rings. The molecule has 58 valence electrons. The van der Waals surface area contributed by atoms with Crippen molar-refractivity contribution in [2.75, 3.05) is 13.7 Å². The molecule has 1 amide bonds. The molecule has 0 saturated heterocycles. The number of rotatable bonds is 4. The highest BCUT2D eigenvalue weighted by Gasteiger charge is 2.05. The second-order valence-corrected chi connectivity index (χ2v) is 1.53. The summed E-state index contributed by atoms with van der Waals surface area (Å²) in [7, 11) is 1.41. The predicted octanol–water partition coefficient (Wildman–Crippen LogP) is 0.0869. The number of amides is 1. The Morgan fingerprint density at radius 3 is 2.80 bits per heavy atom. The molecule has 0 rings (SSSR count). The Kier molecular flexibility index (Phi) is 4.53. The molecule has 0 aliphatic heterocycles. The summed E-state index contributed by atoms with van der Waals surface area (Å²) in [6, 6.07) is 0. The predicted molar refractivity (Wildman–Crippen MR) is 37.7 cm³/mol. The van der Waals surface area contributed by atoms with Gasteiger partial charge in [-0.1, -0.05) is 13.5 Å². The van der Waals surface area contributed by atoms with Gasteiger partial charge in [-0.3, -0.25) is 9.63 Å². The van der Waals surface area contributed by atoms with Crippen molar-refractivity contribution in [3.63, 3.8) is 0 Å². The summed E-state index contributed by atoms with van der Waals surface area (Å²) in [4.78, 5) is 15.4. The first-order valence-corrected chi connectivity index (χ1v) is 3.00. The number of nitrogens with zero attached hydrogens (tertiary/aromatic N) is 1. The Morgan fingerprint density at radius 1 is 1.90 bits per heavy atom. The lowest BCUT2D eigenvalue weighted by Gasteiger charge is -2.16. The summed E-state index contributed by atoms with van der Waals surface area (Å²) in [5.74, 6) is -0.302. The first-order valence-electron chi connectivity index (χ1n) is 3.00. The van der Waals surface area contributed by atoms with Crippen LogP contribution in [0.25, 0.3) is 0 Å². The summed E-state index contributed by atoms with van der Waals surface area (Å²) < 4.78 is 0. The van der Waals surface area contributed by atoms with Crippen LogP contribution in [0.15, 0.2) is 12.7 Å². The van der Waals surface area contributed by atoms with E-state index in [0.717, 1.165) is 5.17 Å². The lowest BCUT2D eigenvalue weighted by atomic mass is 10.6. The van der Waals surface area contributed by atoms with Crippen LogP contribution in [0.2, 0.25) is 0 Å². The minimum Gasteiger partial charge on any atom is -0.266 e. The normalized spacial score (nSPS) is 9.00. The van der Waals surface area contributed by atoms with Crippen LogP contribution in [0.5, 0.6) is 0 Å². The number of hydrogen-bond acceptors (Lipinski definition) is 3. The molecule has 0 heterocycles. The zero-order chi connectivity index (χ0) is 7.98. The number of hydroxylamine groups is 1. The van der Waals surface area contributed by atoms with Crippen molar-refractivity contribution >= 4 is 5.91 Å². The van der Waals surface area contributed by atoms with Crippen LogP contribution in [-0.4, -0.2) is 24.7 Å². The van der Waals surface area contributed by atoms with E-state index in [2.05, 4.69) is 16.8 Å². The van der Waals surface area contributed by atoms with Crippen molar-refractivity contribution in [3.8, 4) is 0 Å². The molecule has 0 aliphatic carbocycles. The standard InChI is InChI=1S/C6H12N2O2/c1-4-6(9)8(10-3)7-5-2/h4,7H,1,5H2,2-3H3. The summed E-state index contributed by atoms with van der Waals surface area (Å²) in [5.41, 5.74) is 2.67. The molecule has 0 saturated carbocycles. The van der Waals surface area contributed by atoms with Gasteiger partial charge in [-0.05, 0) is 6.08 Å². The Bertz CT molecular complexity index is 125. The summed E-state index contributed by atoms with van der Waals surface area (Å²) in [6.45, 7) is 5.80. The molecular formula is C6H12N2O2. The van der Waals surface area contributed by atoms with Crippen molar-refractivity contribution in [1.29, 1.82) is 0 Å². The Morgan fingerprint density at radius 2 is 2.50 bits per heavy atom. The average Bonchev–Trinajstić information content (AvgIpc) is 1.99. The van der Waals surface area contributed by atoms with E-state index in [9.17, 15) is 4.79 Å². The highest BCUT2D eigenvalue weighted by molar-refractivity contribution is 5.85. The van der Waals surface area contributed by atoms with Gasteiger partial charge in [0.25, 0.3) is 5.91 Å². The smallest absolute Gasteiger partial charge is 0.266 e. The van der Waals surface area contributed by atoms with Crippen LogP contribution in [0.4, 0.5) is 0 Å². The summed E-state index contributed by atoms with van der Waals surface area (Å²) >= 11 is 0. The average molecular weight is 144 g/mol. The summed E-state index contributed by atoms with van der Waals surface area (Å²) in [6.07, 6.45) is 1.17. The maximum atomic E-state index is 10.8. The van der Waals surface area contributed by atoms with Crippen LogP contribution in [0, 0.1) is 0 Å². The quantitative estimate of drug-likeness (QED) is 0.449. The Balaban J connectivity index is 3.79. The first-order chi connectivity index (χ1) is 4.76. The summed E-state index contributed by atoms with van der Waals surface area (Å²) in [5, 5.41) is 1.02. The highest BCUT2D eigenvalue weighted by atomic mass is 16.7. The van der Waals surface area contributed by atoms with E-state index in [1.54, 1.807) is 0 Å². The molecule has 0 bridgehead atoms. The minimum absolute atomic E-state index is 0.302. The molecule has 0 fully saturated rings. The number of hydrazine groups is 1. The molecule has 10 heavy (non-hydrogen) atoms. The van der Waals surface area contributed by atoms with Gasteiger partial charge in [0.15, 0.2) is 0 Å². The van der Waals surface area contributed by atoms with E-state index >= 15 is 0 Å². The molecule has 0 spiro atoms. The number of carbonyl (C=O) groups excluding carboxylic acids is 1. The van der Waals surface area contributed by atoms with E-state index in [1.165, 1.54) is 13.2 Å².